The Labute approximate surface area is 166 Å². The van der Waals surface area contributed by atoms with Crippen LogP contribution in [-0.4, -0.2) is 33.5 Å². The molecule has 1 fully saturated rings. The van der Waals surface area contributed by atoms with Gasteiger partial charge in [0.2, 0.25) is 0 Å². The molecule has 1 amide bonds. The van der Waals surface area contributed by atoms with Crippen LogP contribution in [0.25, 0.3) is 5.52 Å². The first-order chi connectivity index (χ1) is 13.9. The van der Waals surface area contributed by atoms with Gasteiger partial charge in [-0.1, -0.05) is 24.3 Å². The summed E-state index contributed by atoms with van der Waals surface area (Å²) in [5, 5.41) is 4.23. The van der Waals surface area contributed by atoms with Crippen LogP contribution in [0.15, 0.2) is 54.9 Å². The number of halogens is 3. The predicted molar refractivity (Wildman–Crippen MR) is 104 cm³/mol. The van der Waals surface area contributed by atoms with Gasteiger partial charge in [0, 0.05) is 19.3 Å². The minimum absolute atomic E-state index is 0.0324. The number of piperidine rings is 1. The zero-order chi connectivity index (χ0) is 20.4. The maximum absolute atomic E-state index is 13.0. The largest absolute Gasteiger partial charge is 0.416 e. The quantitative estimate of drug-likeness (QED) is 0.628. The molecule has 1 unspecified atom stereocenters. The fourth-order valence-electron chi connectivity index (χ4n) is 4.03. The smallest absolute Gasteiger partial charge is 0.338 e. The molecule has 1 atom stereocenters. The number of likely N-dealkylation sites (tertiary alicyclic amines) is 1. The van der Waals surface area contributed by atoms with Gasteiger partial charge in [-0.05, 0) is 55.4 Å². The normalized spacial score (nSPS) is 17.6. The highest BCUT2D eigenvalue weighted by molar-refractivity contribution is 6.00. The third-order valence-electron chi connectivity index (χ3n) is 5.56. The lowest BCUT2D eigenvalue weighted by Gasteiger charge is -2.32. The molecule has 1 aromatic carbocycles. The summed E-state index contributed by atoms with van der Waals surface area (Å²) in [7, 11) is 0. The van der Waals surface area contributed by atoms with Crippen LogP contribution >= 0.6 is 0 Å². The lowest BCUT2D eigenvalue weighted by atomic mass is 9.91. The molecule has 1 saturated heterocycles. The van der Waals surface area contributed by atoms with Crippen LogP contribution in [0, 0.1) is 5.92 Å². The van der Waals surface area contributed by atoms with Gasteiger partial charge in [-0.2, -0.15) is 18.3 Å². The summed E-state index contributed by atoms with van der Waals surface area (Å²) in [5.74, 6) is 0.249. The molecule has 3 heterocycles. The van der Waals surface area contributed by atoms with Gasteiger partial charge in [-0.25, -0.2) is 4.52 Å². The highest BCUT2D eigenvalue weighted by Gasteiger charge is 2.30. The van der Waals surface area contributed by atoms with Gasteiger partial charge in [0.15, 0.2) is 0 Å². The van der Waals surface area contributed by atoms with Crippen LogP contribution in [-0.2, 0) is 12.6 Å². The molecule has 7 heteroatoms. The number of alkyl halides is 3. The number of amides is 1. The van der Waals surface area contributed by atoms with Gasteiger partial charge in [-0.15, -0.1) is 0 Å². The van der Waals surface area contributed by atoms with E-state index in [-0.39, 0.29) is 11.8 Å². The number of rotatable bonds is 4. The van der Waals surface area contributed by atoms with Gasteiger partial charge < -0.3 is 4.90 Å². The van der Waals surface area contributed by atoms with Crippen molar-refractivity contribution in [2.75, 3.05) is 13.1 Å². The van der Waals surface area contributed by atoms with E-state index < -0.39 is 11.7 Å². The van der Waals surface area contributed by atoms with Crippen molar-refractivity contribution in [1.29, 1.82) is 0 Å². The molecule has 0 bridgehead atoms. The van der Waals surface area contributed by atoms with Crippen LogP contribution in [0.5, 0.6) is 0 Å². The lowest BCUT2D eigenvalue weighted by molar-refractivity contribution is -0.137. The number of hydrogen-bond acceptors (Lipinski definition) is 2. The Morgan fingerprint density at radius 1 is 1.17 bits per heavy atom. The number of fused-ring (bicyclic) bond motifs is 1. The molecule has 1 aliphatic rings. The minimum atomic E-state index is -4.32. The monoisotopic (exact) mass is 401 g/mol. The van der Waals surface area contributed by atoms with Gasteiger partial charge in [-0.3, -0.25) is 4.79 Å². The van der Waals surface area contributed by atoms with Crippen LogP contribution in [0.4, 0.5) is 13.2 Å². The number of aromatic nitrogens is 2. The Kier molecular flexibility index (Phi) is 5.30. The minimum Gasteiger partial charge on any atom is -0.338 e. The van der Waals surface area contributed by atoms with Crippen molar-refractivity contribution in [3.63, 3.8) is 0 Å². The molecule has 1 aliphatic heterocycles. The zero-order valence-corrected chi connectivity index (χ0v) is 15.9. The summed E-state index contributed by atoms with van der Waals surface area (Å²) >= 11 is 0. The van der Waals surface area contributed by atoms with E-state index in [0.717, 1.165) is 30.8 Å². The fraction of sp³-hybridized carbons (Fsp3) is 0.364. The topological polar surface area (TPSA) is 37.6 Å². The van der Waals surface area contributed by atoms with E-state index in [0.29, 0.717) is 30.6 Å². The second-order valence-electron chi connectivity index (χ2n) is 7.58. The molecular formula is C22H22F3N3O. The molecule has 29 heavy (non-hydrogen) atoms. The maximum Gasteiger partial charge on any atom is 0.416 e. The summed E-state index contributed by atoms with van der Waals surface area (Å²) in [6.07, 6.45) is 2.31. The molecule has 3 aromatic rings. The number of nitrogens with zero attached hydrogens (tertiary/aromatic N) is 3. The first kappa shape index (κ1) is 19.5. The molecule has 4 rings (SSSR count). The van der Waals surface area contributed by atoms with Crippen molar-refractivity contribution < 1.29 is 18.0 Å². The van der Waals surface area contributed by atoms with Crippen molar-refractivity contribution in [3.05, 3.63) is 71.5 Å². The second kappa shape index (κ2) is 7.89. The number of benzene rings is 1. The molecule has 0 N–H and O–H groups in total. The van der Waals surface area contributed by atoms with E-state index in [9.17, 15) is 18.0 Å². The van der Waals surface area contributed by atoms with E-state index in [4.69, 9.17) is 0 Å². The number of pyridine rings is 1. The molecule has 0 spiro atoms. The Morgan fingerprint density at radius 2 is 2.03 bits per heavy atom. The van der Waals surface area contributed by atoms with E-state index in [1.165, 1.54) is 12.1 Å². The maximum atomic E-state index is 13.0. The van der Waals surface area contributed by atoms with Crippen molar-refractivity contribution in [2.24, 2.45) is 5.92 Å². The molecule has 2 aromatic heterocycles. The molecular weight excluding hydrogens is 379 g/mol. The van der Waals surface area contributed by atoms with Gasteiger partial charge in [0.05, 0.1) is 22.8 Å². The van der Waals surface area contributed by atoms with E-state index >= 15 is 0 Å². The zero-order valence-electron chi connectivity index (χ0n) is 15.9. The van der Waals surface area contributed by atoms with E-state index in [2.05, 4.69) is 5.10 Å². The van der Waals surface area contributed by atoms with Gasteiger partial charge >= 0.3 is 6.18 Å². The van der Waals surface area contributed by atoms with Gasteiger partial charge in [0.1, 0.15) is 0 Å². The van der Waals surface area contributed by atoms with E-state index in [1.54, 1.807) is 23.0 Å². The average Bonchev–Trinajstić information content (AvgIpc) is 3.16. The average molecular weight is 401 g/mol. The van der Waals surface area contributed by atoms with Crippen molar-refractivity contribution >= 4 is 11.4 Å². The number of aryl methyl sites for hydroxylation is 1. The Hall–Kier alpha value is -2.83. The van der Waals surface area contributed by atoms with Crippen LogP contribution < -0.4 is 0 Å². The van der Waals surface area contributed by atoms with Crippen LogP contribution in [0.2, 0.25) is 0 Å². The third-order valence-corrected chi connectivity index (χ3v) is 5.56. The summed E-state index contributed by atoms with van der Waals surface area (Å²) in [4.78, 5) is 14.8. The summed E-state index contributed by atoms with van der Waals surface area (Å²) in [5.41, 5.74) is 1.45. The van der Waals surface area contributed by atoms with Gasteiger partial charge in [0.25, 0.3) is 5.91 Å². The van der Waals surface area contributed by atoms with Crippen molar-refractivity contribution in [3.8, 4) is 0 Å². The molecule has 0 saturated carbocycles. The molecule has 152 valence electrons. The molecule has 0 radical (unpaired) electrons. The lowest BCUT2D eigenvalue weighted by Crippen LogP contribution is -2.40. The third kappa shape index (κ3) is 4.28. The summed E-state index contributed by atoms with van der Waals surface area (Å²) in [6, 6.07) is 11.1. The Bertz CT molecular complexity index is 1010. The number of carbonyl (C=O) groups excluding carboxylic acids is 1. The highest BCUT2D eigenvalue weighted by Crippen LogP contribution is 2.30. The molecule has 4 nitrogen and oxygen atoms in total. The number of carbonyl (C=O) groups is 1. The first-order valence-corrected chi connectivity index (χ1v) is 9.79. The standard InChI is InChI=1S/C22H22F3N3O/c23-22(24,25)18-7-3-5-16(13-18)9-10-17-6-4-11-27(15-17)21(29)19-14-26-28-12-2-1-8-20(19)28/h1-3,5,7-8,12-14,17H,4,6,9-11,15H2. The Balaban J connectivity index is 1.40. The molecule has 0 aliphatic carbocycles. The SMILES string of the molecule is O=C(c1cnn2ccccc12)N1CCCC(CCc2cccc(C(F)(F)F)c2)C1. The first-order valence-electron chi connectivity index (χ1n) is 9.79. The van der Waals surface area contributed by atoms with Crippen molar-refractivity contribution in [1.82, 2.24) is 14.5 Å². The fourth-order valence-corrected chi connectivity index (χ4v) is 4.03. The van der Waals surface area contributed by atoms with Crippen LogP contribution in [0.1, 0.15) is 40.7 Å². The highest BCUT2D eigenvalue weighted by atomic mass is 19.4. The predicted octanol–water partition coefficient (Wildman–Crippen LogP) is 4.84. The van der Waals surface area contributed by atoms with E-state index in [1.807, 2.05) is 23.1 Å². The second-order valence-corrected chi connectivity index (χ2v) is 7.58. The van der Waals surface area contributed by atoms with Crippen molar-refractivity contribution in [2.45, 2.75) is 31.9 Å². The summed E-state index contributed by atoms with van der Waals surface area (Å²) in [6.45, 7) is 1.32. The van der Waals surface area contributed by atoms with Crippen LogP contribution in [0.3, 0.4) is 0 Å². The number of hydrogen-bond donors (Lipinski definition) is 0. The summed E-state index contributed by atoms with van der Waals surface area (Å²) < 4.78 is 40.4. The Morgan fingerprint density at radius 3 is 2.86 bits per heavy atom.